The lowest BCUT2D eigenvalue weighted by Gasteiger charge is -2.01. The molecular weight excluding hydrogens is 232 g/mol. The van der Waals surface area contributed by atoms with E-state index in [1.165, 1.54) is 0 Å². The van der Waals surface area contributed by atoms with Crippen molar-refractivity contribution in [2.75, 3.05) is 6.61 Å². The molecule has 1 rings (SSSR count). The quantitative estimate of drug-likeness (QED) is 0.650. The second kappa shape index (κ2) is 4.35. The van der Waals surface area contributed by atoms with Crippen molar-refractivity contribution in [3.8, 4) is 0 Å². The number of carbonyl (C=O) groups is 1. The molecule has 0 bridgehead atoms. The number of halogens is 1. The highest BCUT2D eigenvalue weighted by atomic mass is 79.9. The maximum absolute atomic E-state index is 11.4. The van der Waals surface area contributed by atoms with Gasteiger partial charge in [0.15, 0.2) is 5.78 Å². The van der Waals surface area contributed by atoms with E-state index in [-0.39, 0.29) is 18.0 Å². The Labute approximate surface area is 85.0 Å². The number of aliphatic hydroxyl groups excluding tert-OH is 1. The first kappa shape index (κ1) is 10.2. The Morgan fingerprint density at radius 2 is 2.23 bits per heavy atom. The van der Waals surface area contributed by atoms with Gasteiger partial charge >= 0.3 is 0 Å². The van der Waals surface area contributed by atoms with Gasteiger partial charge in [0, 0.05) is 15.6 Å². The Kier molecular flexibility index (Phi) is 3.39. The molecule has 0 heterocycles. The Morgan fingerprint density at radius 3 is 2.77 bits per heavy atom. The van der Waals surface area contributed by atoms with Gasteiger partial charge in [-0.05, 0) is 12.1 Å². The lowest BCUT2D eigenvalue weighted by molar-refractivity contribution is 0.102. The van der Waals surface area contributed by atoms with Crippen LogP contribution in [0.15, 0.2) is 40.9 Å². The number of ketones is 1. The molecule has 0 amide bonds. The molecule has 1 aromatic rings. The minimum absolute atomic E-state index is 0.207. The van der Waals surface area contributed by atoms with E-state index in [0.29, 0.717) is 5.56 Å². The maximum atomic E-state index is 11.4. The molecule has 0 unspecified atom stereocenters. The summed E-state index contributed by atoms with van der Waals surface area (Å²) in [6, 6.07) is 6.98. The zero-order valence-electron chi connectivity index (χ0n) is 6.96. The van der Waals surface area contributed by atoms with Crippen LogP contribution in [0.2, 0.25) is 0 Å². The second-order valence-electron chi connectivity index (χ2n) is 2.60. The average molecular weight is 241 g/mol. The van der Waals surface area contributed by atoms with Crippen molar-refractivity contribution >= 4 is 21.7 Å². The van der Waals surface area contributed by atoms with E-state index in [0.717, 1.165) is 4.47 Å². The summed E-state index contributed by atoms with van der Waals surface area (Å²) in [4.78, 5) is 11.4. The molecule has 2 nitrogen and oxygen atoms in total. The Morgan fingerprint density at radius 1 is 1.54 bits per heavy atom. The molecule has 0 aliphatic rings. The number of hydrogen-bond donors (Lipinski definition) is 1. The van der Waals surface area contributed by atoms with E-state index in [9.17, 15) is 4.79 Å². The van der Waals surface area contributed by atoms with Gasteiger partial charge in [-0.25, -0.2) is 0 Å². The highest BCUT2D eigenvalue weighted by molar-refractivity contribution is 9.10. The van der Waals surface area contributed by atoms with Crippen molar-refractivity contribution in [2.45, 2.75) is 0 Å². The topological polar surface area (TPSA) is 37.3 Å². The monoisotopic (exact) mass is 240 g/mol. The first-order chi connectivity index (χ1) is 6.15. The first-order valence-electron chi connectivity index (χ1n) is 3.74. The molecular formula is C10H9BrO2. The van der Waals surface area contributed by atoms with Crippen LogP contribution in [0.1, 0.15) is 10.4 Å². The van der Waals surface area contributed by atoms with Gasteiger partial charge in [0.05, 0.1) is 6.61 Å². The van der Waals surface area contributed by atoms with Crippen molar-refractivity contribution in [3.63, 3.8) is 0 Å². The van der Waals surface area contributed by atoms with Gasteiger partial charge in [0.2, 0.25) is 0 Å². The van der Waals surface area contributed by atoms with Crippen LogP contribution in [-0.2, 0) is 0 Å². The minimum atomic E-state index is -0.300. The molecule has 1 aromatic carbocycles. The fourth-order valence-electron chi connectivity index (χ4n) is 0.906. The van der Waals surface area contributed by atoms with Crippen molar-refractivity contribution in [2.24, 2.45) is 0 Å². The average Bonchev–Trinajstić information content (AvgIpc) is 2.15. The first-order valence-corrected chi connectivity index (χ1v) is 4.53. The summed E-state index contributed by atoms with van der Waals surface area (Å²) in [5.41, 5.74) is 0.742. The summed E-state index contributed by atoms with van der Waals surface area (Å²) in [6.45, 7) is 3.16. The van der Waals surface area contributed by atoms with Crippen molar-refractivity contribution in [3.05, 3.63) is 46.5 Å². The third-order valence-corrected chi connectivity index (χ3v) is 2.09. The summed E-state index contributed by atoms with van der Waals surface area (Å²) in [5, 5.41) is 8.70. The van der Waals surface area contributed by atoms with Gasteiger partial charge in [-0.1, -0.05) is 34.6 Å². The lowest BCUT2D eigenvalue weighted by Crippen LogP contribution is -2.05. The number of rotatable bonds is 3. The second-order valence-corrected chi connectivity index (χ2v) is 3.52. The lowest BCUT2D eigenvalue weighted by atomic mass is 10.1. The van der Waals surface area contributed by atoms with Crippen LogP contribution in [0.25, 0.3) is 0 Å². The molecule has 0 aliphatic carbocycles. The number of hydrogen-bond acceptors (Lipinski definition) is 2. The maximum Gasteiger partial charge on any atom is 0.190 e. The number of aliphatic hydroxyl groups is 1. The van der Waals surface area contributed by atoms with Crippen molar-refractivity contribution in [1.82, 2.24) is 0 Å². The normalized spacial score (nSPS) is 9.69. The van der Waals surface area contributed by atoms with E-state index in [1.807, 2.05) is 6.07 Å². The summed E-state index contributed by atoms with van der Waals surface area (Å²) in [7, 11) is 0. The third-order valence-electron chi connectivity index (χ3n) is 1.60. The Hall–Kier alpha value is -0.930. The largest absolute Gasteiger partial charge is 0.392 e. The molecule has 0 atom stereocenters. The molecule has 13 heavy (non-hydrogen) atoms. The highest BCUT2D eigenvalue weighted by Crippen LogP contribution is 2.14. The molecule has 0 saturated heterocycles. The number of Topliss-reactive ketones (excluding diaryl/α,β-unsaturated/α-hetero) is 1. The minimum Gasteiger partial charge on any atom is -0.392 e. The molecule has 0 radical (unpaired) electrons. The van der Waals surface area contributed by atoms with Crippen LogP contribution in [-0.4, -0.2) is 17.5 Å². The molecule has 0 spiro atoms. The summed E-state index contributed by atoms with van der Waals surface area (Å²) < 4.78 is 0.837. The van der Waals surface area contributed by atoms with E-state index in [1.54, 1.807) is 18.2 Å². The molecule has 0 fully saturated rings. The van der Waals surface area contributed by atoms with Crippen molar-refractivity contribution in [1.29, 1.82) is 0 Å². The summed E-state index contributed by atoms with van der Waals surface area (Å²) in [5.74, 6) is -0.219. The standard InChI is InChI=1S/C10H9BrO2/c1-7(6-12)10(13)8-3-2-4-9(11)5-8/h2-5,12H,1,6H2. The summed E-state index contributed by atoms with van der Waals surface area (Å²) >= 11 is 3.26. The predicted molar refractivity (Wildman–Crippen MR) is 54.7 cm³/mol. The van der Waals surface area contributed by atoms with Crippen LogP contribution in [0.5, 0.6) is 0 Å². The fraction of sp³-hybridized carbons (Fsp3) is 0.100. The highest BCUT2D eigenvalue weighted by Gasteiger charge is 2.08. The molecule has 0 aliphatic heterocycles. The van der Waals surface area contributed by atoms with Crippen molar-refractivity contribution < 1.29 is 9.90 Å². The van der Waals surface area contributed by atoms with Crippen LogP contribution in [0.3, 0.4) is 0 Å². The Balaban J connectivity index is 2.95. The van der Waals surface area contributed by atoms with Gasteiger partial charge in [-0.2, -0.15) is 0 Å². The fourth-order valence-corrected chi connectivity index (χ4v) is 1.30. The molecule has 0 saturated carbocycles. The van der Waals surface area contributed by atoms with Gasteiger partial charge in [0.1, 0.15) is 0 Å². The van der Waals surface area contributed by atoms with Gasteiger partial charge in [-0.15, -0.1) is 0 Å². The summed E-state index contributed by atoms with van der Waals surface area (Å²) in [6.07, 6.45) is 0. The van der Waals surface area contributed by atoms with Crippen LogP contribution in [0, 0.1) is 0 Å². The van der Waals surface area contributed by atoms with Gasteiger partial charge in [-0.3, -0.25) is 4.79 Å². The third kappa shape index (κ3) is 2.50. The van der Waals surface area contributed by atoms with Crippen LogP contribution >= 0.6 is 15.9 Å². The van der Waals surface area contributed by atoms with E-state index < -0.39 is 0 Å². The molecule has 0 aromatic heterocycles. The number of carbonyl (C=O) groups excluding carboxylic acids is 1. The van der Waals surface area contributed by atoms with Crippen LogP contribution < -0.4 is 0 Å². The predicted octanol–water partition coefficient (Wildman–Crippen LogP) is 2.18. The zero-order valence-corrected chi connectivity index (χ0v) is 8.54. The van der Waals surface area contributed by atoms with Crippen LogP contribution in [0.4, 0.5) is 0 Å². The molecule has 1 N–H and O–H groups in total. The van der Waals surface area contributed by atoms with E-state index >= 15 is 0 Å². The Bertz CT molecular complexity index is 345. The number of benzene rings is 1. The SMILES string of the molecule is C=C(CO)C(=O)c1cccc(Br)c1. The molecule has 68 valence electrons. The zero-order chi connectivity index (χ0) is 9.84. The van der Waals surface area contributed by atoms with E-state index in [2.05, 4.69) is 22.5 Å². The van der Waals surface area contributed by atoms with Gasteiger partial charge < -0.3 is 5.11 Å². The van der Waals surface area contributed by atoms with E-state index in [4.69, 9.17) is 5.11 Å². The van der Waals surface area contributed by atoms with Gasteiger partial charge in [0.25, 0.3) is 0 Å². The molecule has 3 heteroatoms. The smallest absolute Gasteiger partial charge is 0.190 e.